The molecule has 1 aromatic heterocycles. The topological polar surface area (TPSA) is 34.9 Å². The number of aromatic nitrogens is 2. The van der Waals surface area contributed by atoms with E-state index in [0.29, 0.717) is 18.9 Å². The second kappa shape index (κ2) is 7.21. The molecule has 0 fully saturated rings. The van der Waals surface area contributed by atoms with Gasteiger partial charge in [0.15, 0.2) is 0 Å². The highest BCUT2D eigenvalue weighted by Crippen LogP contribution is 2.15. The minimum Gasteiger partial charge on any atom is -0.299 e. The monoisotopic (exact) mass is 284 g/mol. The second-order valence-corrected chi connectivity index (χ2v) is 5.64. The fraction of sp³-hybridized carbons (Fsp3) is 0.444. The number of hydrogen-bond acceptors (Lipinski definition) is 2. The number of aryl methyl sites for hydroxylation is 1. The molecule has 0 spiro atoms. The molecule has 21 heavy (non-hydrogen) atoms. The molecule has 0 atom stereocenters. The van der Waals surface area contributed by atoms with Crippen LogP contribution in [0.1, 0.15) is 49.6 Å². The van der Waals surface area contributed by atoms with Gasteiger partial charge in [-0.25, -0.2) is 0 Å². The summed E-state index contributed by atoms with van der Waals surface area (Å²) >= 11 is 0. The minimum atomic E-state index is 0.218. The third-order valence-electron chi connectivity index (χ3n) is 3.84. The predicted octanol–water partition coefficient (Wildman–Crippen LogP) is 3.91. The summed E-state index contributed by atoms with van der Waals surface area (Å²) in [7, 11) is 0. The number of carbonyl (C=O) groups is 1. The summed E-state index contributed by atoms with van der Waals surface area (Å²) in [6.07, 6.45) is 5.03. The molecule has 112 valence electrons. The lowest BCUT2D eigenvalue weighted by molar-refractivity contribution is -0.117. The van der Waals surface area contributed by atoms with Crippen molar-refractivity contribution in [2.24, 2.45) is 0 Å². The fourth-order valence-corrected chi connectivity index (χ4v) is 2.65. The number of rotatable bonds is 7. The molecule has 0 aliphatic carbocycles. The van der Waals surface area contributed by atoms with Gasteiger partial charge in [0.05, 0.1) is 18.2 Å². The first-order chi connectivity index (χ1) is 10.1. The summed E-state index contributed by atoms with van der Waals surface area (Å²) in [5, 5.41) is 4.55. The first-order valence-electron chi connectivity index (χ1n) is 7.73. The van der Waals surface area contributed by atoms with Crippen molar-refractivity contribution in [3.63, 3.8) is 0 Å². The molecular formula is C18H24N2O. The van der Waals surface area contributed by atoms with E-state index in [9.17, 15) is 4.79 Å². The van der Waals surface area contributed by atoms with Gasteiger partial charge >= 0.3 is 0 Å². The number of ketones is 1. The molecule has 2 aromatic rings. The first kappa shape index (κ1) is 15.5. The van der Waals surface area contributed by atoms with Gasteiger partial charge < -0.3 is 0 Å². The maximum absolute atomic E-state index is 12.2. The third kappa shape index (κ3) is 4.28. The van der Waals surface area contributed by atoms with E-state index in [1.54, 1.807) is 0 Å². The summed E-state index contributed by atoms with van der Waals surface area (Å²) < 4.78 is 2.00. The minimum absolute atomic E-state index is 0.218. The van der Waals surface area contributed by atoms with Crippen LogP contribution in [0.2, 0.25) is 0 Å². The Morgan fingerprint density at radius 2 is 1.95 bits per heavy atom. The molecule has 2 rings (SSSR count). The fourth-order valence-electron chi connectivity index (χ4n) is 2.65. The molecule has 0 unspecified atom stereocenters. The van der Waals surface area contributed by atoms with Crippen LogP contribution < -0.4 is 0 Å². The molecule has 0 radical (unpaired) electrons. The van der Waals surface area contributed by atoms with Crippen molar-refractivity contribution >= 4 is 5.78 Å². The Hall–Kier alpha value is -1.90. The molecular weight excluding hydrogens is 260 g/mol. The van der Waals surface area contributed by atoms with E-state index in [1.165, 1.54) is 5.56 Å². The van der Waals surface area contributed by atoms with E-state index in [4.69, 9.17) is 0 Å². The Morgan fingerprint density at radius 3 is 2.62 bits per heavy atom. The van der Waals surface area contributed by atoms with Gasteiger partial charge in [0.1, 0.15) is 5.78 Å². The zero-order valence-corrected chi connectivity index (χ0v) is 13.2. The van der Waals surface area contributed by atoms with Crippen LogP contribution >= 0.6 is 0 Å². The molecule has 3 nitrogen and oxygen atoms in total. The molecule has 3 heteroatoms. The zero-order chi connectivity index (χ0) is 15.2. The molecule has 0 aliphatic heterocycles. The largest absolute Gasteiger partial charge is 0.299 e. The van der Waals surface area contributed by atoms with E-state index in [-0.39, 0.29) is 5.78 Å². The summed E-state index contributed by atoms with van der Waals surface area (Å²) in [5.74, 6) is 0.218. The summed E-state index contributed by atoms with van der Waals surface area (Å²) in [5.41, 5.74) is 3.15. The summed E-state index contributed by atoms with van der Waals surface area (Å²) in [6, 6.07) is 10.5. The second-order valence-electron chi connectivity index (χ2n) is 5.64. The first-order valence-corrected chi connectivity index (χ1v) is 7.73. The molecule has 1 heterocycles. The average molecular weight is 284 g/mol. The summed E-state index contributed by atoms with van der Waals surface area (Å²) in [4.78, 5) is 12.2. The van der Waals surface area contributed by atoms with Gasteiger partial charge in [-0.2, -0.15) is 5.10 Å². The predicted molar refractivity (Wildman–Crippen MR) is 85.4 cm³/mol. The van der Waals surface area contributed by atoms with Crippen LogP contribution in [0, 0.1) is 6.92 Å². The molecule has 0 saturated carbocycles. The highest BCUT2D eigenvalue weighted by Gasteiger charge is 2.11. The van der Waals surface area contributed by atoms with Gasteiger partial charge in [0, 0.05) is 12.6 Å². The van der Waals surface area contributed by atoms with E-state index in [0.717, 1.165) is 24.1 Å². The van der Waals surface area contributed by atoms with Gasteiger partial charge in [-0.15, -0.1) is 0 Å². The standard InChI is InChI=1S/C18H24N2O/c1-4-17(5-2)20-10-9-16(19-20)13-18(21)12-15-8-6-7-14(3)11-15/h6-11,17H,4-5,12-13H2,1-3H3. The Labute approximate surface area is 127 Å². The molecule has 0 saturated heterocycles. The summed E-state index contributed by atoms with van der Waals surface area (Å²) in [6.45, 7) is 6.38. The quantitative estimate of drug-likeness (QED) is 0.772. The van der Waals surface area contributed by atoms with Gasteiger partial charge in [0.25, 0.3) is 0 Å². The van der Waals surface area contributed by atoms with Gasteiger partial charge in [-0.3, -0.25) is 9.48 Å². The number of Topliss-reactive ketones (excluding diaryl/α,β-unsaturated/α-hetero) is 1. The number of carbonyl (C=O) groups excluding carboxylic acids is 1. The Bertz CT molecular complexity index is 597. The highest BCUT2D eigenvalue weighted by atomic mass is 16.1. The van der Waals surface area contributed by atoms with Crippen LogP contribution in [0.15, 0.2) is 36.5 Å². The Balaban J connectivity index is 1.97. The Morgan fingerprint density at radius 1 is 1.19 bits per heavy atom. The lowest BCUT2D eigenvalue weighted by atomic mass is 10.0. The lowest BCUT2D eigenvalue weighted by Gasteiger charge is -2.12. The van der Waals surface area contributed by atoms with E-state index < -0.39 is 0 Å². The van der Waals surface area contributed by atoms with Crippen molar-refractivity contribution in [2.75, 3.05) is 0 Å². The van der Waals surface area contributed by atoms with Crippen molar-refractivity contribution in [1.29, 1.82) is 0 Å². The number of hydrogen-bond donors (Lipinski definition) is 0. The van der Waals surface area contributed by atoms with Crippen LogP contribution in [-0.2, 0) is 17.6 Å². The average Bonchev–Trinajstić information content (AvgIpc) is 2.88. The van der Waals surface area contributed by atoms with E-state index in [1.807, 2.05) is 42.1 Å². The van der Waals surface area contributed by atoms with Crippen molar-refractivity contribution in [3.05, 3.63) is 53.3 Å². The van der Waals surface area contributed by atoms with Crippen molar-refractivity contribution in [2.45, 2.75) is 52.5 Å². The Kier molecular flexibility index (Phi) is 5.32. The number of benzene rings is 1. The molecule has 1 aromatic carbocycles. The maximum atomic E-state index is 12.2. The van der Waals surface area contributed by atoms with Crippen molar-refractivity contribution in [1.82, 2.24) is 9.78 Å². The molecule has 0 N–H and O–H groups in total. The van der Waals surface area contributed by atoms with E-state index in [2.05, 4.69) is 25.0 Å². The van der Waals surface area contributed by atoms with Gasteiger partial charge in [0.2, 0.25) is 0 Å². The smallest absolute Gasteiger partial charge is 0.143 e. The molecule has 0 bridgehead atoms. The van der Waals surface area contributed by atoms with Crippen LogP contribution in [0.4, 0.5) is 0 Å². The third-order valence-corrected chi connectivity index (χ3v) is 3.84. The molecule has 0 amide bonds. The van der Waals surface area contributed by atoms with Gasteiger partial charge in [-0.05, 0) is 31.4 Å². The highest BCUT2D eigenvalue weighted by molar-refractivity contribution is 5.82. The molecule has 0 aliphatic rings. The van der Waals surface area contributed by atoms with Gasteiger partial charge in [-0.1, -0.05) is 43.7 Å². The normalized spacial score (nSPS) is 11.0. The van der Waals surface area contributed by atoms with Crippen LogP contribution in [0.25, 0.3) is 0 Å². The van der Waals surface area contributed by atoms with E-state index >= 15 is 0 Å². The maximum Gasteiger partial charge on any atom is 0.143 e. The van der Waals surface area contributed by atoms with Crippen LogP contribution in [0.5, 0.6) is 0 Å². The SMILES string of the molecule is CCC(CC)n1ccc(CC(=O)Cc2cccc(C)c2)n1. The number of nitrogens with zero attached hydrogens (tertiary/aromatic N) is 2. The van der Waals surface area contributed by atoms with Crippen LogP contribution in [0.3, 0.4) is 0 Å². The van der Waals surface area contributed by atoms with Crippen LogP contribution in [-0.4, -0.2) is 15.6 Å². The lowest BCUT2D eigenvalue weighted by Crippen LogP contribution is -2.10. The van der Waals surface area contributed by atoms with Crippen molar-refractivity contribution < 1.29 is 4.79 Å². The zero-order valence-electron chi connectivity index (χ0n) is 13.2. The van der Waals surface area contributed by atoms with Crippen molar-refractivity contribution in [3.8, 4) is 0 Å².